The second-order valence-electron chi connectivity index (χ2n) is 4.38. The van der Waals surface area contributed by atoms with Gasteiger partial charge >= 0.3 is 5.97 Å². The molecular weight excluding hydrogens is 208 g/mol. The Morgan fingerprint density at radius 1 is 1.44 bits per heavy atom. The number of hydrogen-bond donors (Lipinski definition) is 2. The summed E-state index contributed by atoms with van der Waals surface area (Å²) >= 11 is 0. The molecule has 92 valence electrons. The summed E-state index contributed by atoms with van der Waals surface area (Å²) in [6.07, 6.45) is 3.52. The third-order valence-electron chi connectivity index (χ3n) is 3.00. The highest BCUT2D eigenvalue weighted by Crippen LogP contribution is 2.23. The van der Waals surface area contributed by atoms with Crippen LogP contribution in [0.3, 0.4) is 0 Å². The Hall–Kier alpha value is -1.10. The predicted octanol–water partition coefficient (Wildman–Crippen LogP) is 0.182. The second kappa shape index (κ2) is 5.84. The van der Waals surface area contributed by atoms with E-state index in [0.717, 1.165) is 19.3 Å². The minimum Gasteiger partial charge on any atom is -0.467 e. The standard InChI is InChI=1S/C11H20N2O3/c1-7(11(15)16-2)13-10(14)8-4-3-5-9(12)6-8/h7-9H,3-6,12H2,1-2H3,(H,13,14). The molecule has 0 saturated heterocycles. The molecule has 1 aliphatic carbocycles. The maximum absolute atomic E-state index is 11.8. The van der Waals surface area contributed by atoms with Crippen molar-refractivity contribution in [3.8, 4) is 0 Å². The average Bonchev–Trinajstić information content (AvgIpc) is 2.27. The lowest BCUT2D eigenvalue weighted by Gasteiger charge is -2.26. The number of carbonyl (C=O) groups excluding carboxylic acids is 2. The Kier molecular flexibility index (Phi) is 4.73. The van der Waals surface area contributed by atoms with Crippen LogP contribution >= 0.6 is 0 Å². The molecule has 0 spiro atoms. The second-order valence-corrected chi connectivity index (χ2v) is 4.38. The van der Waals surface area contributed by atoms with E-state index in [4.69, 9.17) is 5.73 Å². The van der Waals surface area contributed by atoms with Crippen LogP contribution in [0.5, 0.6) is 0 Å². The van der Waals surface area contributed by atoms with Gasteiger partial charge in [-0.25, -0.2) is 4.79 Å². The molecule has 1 aliphatic rings. The van der Waals surface area contributed by atoms with Crippen molar-refractivity contribution in [2.45, 2.75) is 44.7 Å². The Morgan fingerprint density at radius 2 is 2.12 bits per heavy atom. The van der Waals surface area contributed by atoms with Gasteiger partial charge in [-0.2, -0.15) is 0 Å². The normalized spacial score (nSPS) is 26.9. The third kappa shape index (κ3) is 3.48. The number of esters is 1. The van der Waals surface area contributed by atoms with Crippen LogP contribution in [0.4, 0.5) is 0 Å². The molecule has 3 unspecified atom stereocenters. The minimum atomic E-state index is -0.587. The summed E-state index contributed by atoms with van der Waals surface area (Å²) in [7, 11) is 1.31. The molecule has 0 bridgehead atoms. The highest BCUT2D eigenvalue weighted by atomic mass is 16.5. The fraction of sp³-hybridized carbons (Fsp3) is 0.818. The van der Waals surface area contributed by atoms with Crippen LogP contribution in [0.2, 0.25) is 0 Å². The van der Waals surface area contributed by atoms with Crippen LogP contribution in [-0.2, 0) is 14.3 Å². The Balaban J connectivity index is 2.42. The maximum atomic E-state index is 11.8. The maximum Gasteiger partial charge on any atom is 0.328 e. The van der Waals surface area contributed by atoms with E-state index in [0.29, 0.717) is 6.42 Å². The van der Waals surface area contributed by atoms with Gasteiger partial charge in [0.2, 0.25) is 5.91 Å². The lowest BCUT2D eigenvalue weighted by Crippen LogP contribution is -2.44. The first-order valence-corrected chi connectivity index (χ1v) is 5.68. The van der Waals surface area contributed by atoms with Crippen molar-refractivity contribution < 1.29 is 14.3 Å². The SMILES string of the molecule is COC(=O)C(C)NC(=O)C1CCCC(N)C1. The van der Waals surface area contributed by atoms with E-state index in [9.17, 15) is 9.59 Å². The predicted molar refractivity (Wildman–Crippen MR) is 59.6 cm³/mol. The van der Waals surface area contributed by atoms with Crippen LogP contribution in [-0.4, -0.2) is 31.1 Å². The van der Waals surface area contributed by atoms with Crippen molar-refractivity contribution in [2.24, 2.45) is 11.7 Å². The molecular formula is C11H20N2O3. The van der Waals surface area contributed by atoms with Gasteiger partial charge in [0.05, 0.1) is 7.11 Å². The molecule has 3 atom stereocenters. The summed E-state index contributed by atoms with van der Waals surface area (Å²) in [5.74, 6) is -0.572. The van der Waals surface area contributed by atoms with Gasteiger partial charge in [-0.3, -0.25) is 4.79 Å². The molecule has 0 aliphatic heterocycles. The average molecular weight is 228 g/mol. The van der Waals surface area contributed by atoms with E-state index in [1.165, 1.54) is 7.11 Å². The van der Waals surface area contributed by atoms with Crippen LogP contribution in [0.25, 0.3) is 0 Å². The molecule has 3 N–H and O–H groups in total. The molecule has 0 heterocycles. The molecule has 1 fully saturated rings. The summed E-state index contributed by atoms with van der Waals surface area (Å²) < 4.78 is 4.54. The third-order valence-corrected chi connectivity index (χ3v) is 3.00. The zero-order valence-corrected chi connectivity index (χ0v) is 9.86. The fourth-order valence-corrected chi connectivity index (χ4v) is 2.03. The minimum absolute atomic E-state index is 0.0594. The highest BCUT2D eigenvalue weighted by Gasteiger charge is 2.27. The molecule has 0 aromatic rings. The van der Waals surface area contributed by atoms with Gasteiger partial charge in [-0.05, 0) is 26.2 Å². The molecule has 16 heavy (non-hydrogen) atoms. The molecule has 1 rings (SSSR count). The lowest BCUT2D eigenvalue weighted by atomic mass is 9.85. The number of methoxy groups -OCH3 is 1. The summed E-state index contributed by atoms with van der Waals surface area (Å²) in [4.78, 5) is 22.9. The van der Waals surface area contributed by atoms with Gasteiger partial charge in [0.25, 0.3) is 0 Å². The van der Waals surface area contributed by atoms with E-state index in [1.807, 2.05) is 0 Å². The lowest BCUT2D eigenvalue weighted by molar-refractivity contribution is -0.145. The van der Waals surface area contributed by atoms with Gasteiger partial charge < -0.3 is 15.8 Å². The van der Waals surface area contributed by atoms with Crippen molar-refractivity contribution in [3.63, 3.8) is 0 Å². The largest absolute Gasteiger partial charge is 0.467 e. The number of ether oxygens (including phenoxy) is 1. The van der Waals surface area contributed by atoms with E-state index in [-0.39, 0.29) is 17.9 Å². The number of amides is 1. The van der Waals surface area contributed by atoms with Gasteiger partial charge in [-0.1, -0.05) is 6.42 Å². The van der Waals surface area contributed by atoms with Crippen molar-refractivity contribution >= 4 is 11.9 Å². The molecule has 5 nitrogen and oxygen atoms in total. The van der Waals surface area contributed by atoms with Gasteiger partial charge in [-0.15, -0.1) is 0 Å². The number of rotatable bonds is 3. The Morgan fingerprint density at radius 3 is 2.69 bits per heavy atom. The van der Waals surface area contributed by atoms with Crippen LogP contribution in [0.15, 0.2) is 0 Å². The first-order valence-electron chi connectivity index (χ1n) is 5.68. The van der Waals surface area contributed by atoms with Gasteiger partial charge in [0, 0.05) is 12.0 Å². The molecule has 5 heteroatoms. The molecule has 1 saturated carbocycles. The number of hydrogen-bond acceptors (Lipinski definition) is 4. The first-order chi connectivity index (χ1) is 7.54. The Bertz CT molecular complexity index is 268. The quantitative estimate of drug-likeness (QED) is 0.675. The molecule has 0 radical (unpaired) electrons. The first kappa shape index (κ1) is 13.0. The fourth-order valence-electron chi connectivity index (χ4n) is 2.03. The number of nitrogens with two attached hydrogens (primary N) is 1. The summed E-state index contributed by atoms with van der Waals surface area (Å²) in [5.41, 5.74) is 5.81. The van der Waals surface area contributed by atoms with Crippen molar-refractivity contribution in [1.29, 1.82) is 0 Å². The molecule has 0 aromatic heterocycles. The monoisotopic (exact) mass is 228 g/mol. The van der Waals surface area contributed by atoms with E-state index in [2.05, 4.69) is 10.1 Å². The summed E-state index contributed by atoms with van der Waals surface area (Å²) in [5, 5.41) is 2.65. The number of carbonyl (C=O) groups is 2. The van der Waals surface area contributed by atoms with Crippen molar-refractivity contribution in [2.75, 3.05) is 7.11 Å². The zero-order chi connectivity index (χ0) is 12.1. The van der Waals surface area contributed by atoms with Crippen LogP contribution < -0.4 is 11.1 Å². The van der Waals surface area contributed by atoms with E-state index < -0.39 is 12.0 Å². The highest BCUT2D eigenvalue weighted by molar-refractivity contribution is 5.85. The van der Waals surface area contributed by atoms with Crippen molar-refractivity contribution in [1.82, 2.24) is 5.32 Å². The molecule has 1 amide bonds. The van der Waals surface area contributed by atoms with Crippen molar-refractivity contribution in [3.05, 3.63) is 0 Å². The van der Waals surface area contributed by atoms with Gasteiger partial charge in [0.15, 0.2) is 0 Å². The van der Waals surface area contributed by atoms with E-state index in [1.54, 1.807) is 6.92 Å². The van der Waals surface area contributed by atoms with Gasteiger partial charge in [0.1, 0.15) is 6.04 Å². The zero-order valence-electron chi connectivity index (χ0n) is 9.86. The topological polar surface area (TPSA) is 81.4 Å². The van der Waals surface area contributed by atoms with Crippen LogP contribution in [0.1, 0.15) is 32.6 Å². The Labute approximate surface area is 95.7 Å². The smallest absolute Gasteiger partial charge is 0.328 e. The number of nitrogens with one attached hydrogen (secondary N) is 1. The molecule has 0 aromatic carbocycles. The summed E-state index contributed by atoms with van der Waals surface area (Å²) in [6.45, 7) is 1.62. The summed E-state index contributed by atoms with van der Waals surface area (Å²) in [6, 6.07) is -0.478. The van der Waals surface area contributed by atoms with E-state index >= 15 is 0 Å². The van der Waals surface area contributed by atoms with Crippen LogP contribution in [0, 0.1) is 5.92 Å².